The lowest BCUT2D eigenvalue weighted by Crippen LogP contribution is -2.52. The molecule has 1 heterocycles. The molecule has 0 unspecified atom stereocenters. The third-order valence-corrected chi connectivity index (χ3v) is 4.78. The average Bonchev–Trinajstić information content (AvgIpc) is 2.68. The molecule has 3 N–H and O–H groups in total. The second kappa shape index (κ2) is 8.15. The molecule has 0 aromatic heterocycles. The fourth-order valence-electron chi connectivity index (χ4n) is 3.09. The van der Waals surface area contributed by atoms with Crippen molar-refractivity contribution in [3.63, 3.8) is 0 Å². The number of carbonyl (C=O) groups excluding carboxylic acids is 2. The first kappa shape index (κ1) is 18.1. The molecule has 5 nitrogen and oxygen atoms in total. The normalized spacial score (nSPS) is 17.1. The molecule has 26 heavy (non-hydrogen) atoms. The van der Waals surface area contributed by atoms with Gasteiger partial charge in [-0.15, -0.1) is 0 Å². The van der Waals surface area contributed by atoms with Gasteiger partial charge in [0.05, 0.1) is 6.04 Å². The first-order chi connectivity index (χ1) is 12.6. The number of aryl methyl sites for hydroxylation is 1. The maximum atomic E-state index is 12.5. The summed E-state index contributed by atoms with van der Waals surface area (Å²) in [5.41, 5.74) is 4.35. The molecule has 136 valence electrons. The molecule has 2 aromatic rings. The molecule has 0 saturated heterocycles. The van der Waals surface area contributed by atoms with E-state index in [2.05, 4.69) is 28.9 Å². The monoisotopic (exact) mass is 351 g/mol. The highest BCUT2D eigenvalue weighted by Crippen LogP contribution is 2.16. The summed E-state index contributed by atoms with van der Waals surface area (Å²) >= 11 is 0. The molecule has 1 aliphatic rings. The topological polar surface area (TPSA) is 70.2 Å². The van der Waals surface area contributed by atoms with Gasteiger partial charge in [0, 0.05) is 12.2 Å². The third kappa shape index (κ3) is 4.29. The molecule has 1 aliphatic heterocycles. The predicted octanol–water partition coefficient (Wildman–Crippen LogP) is 2.41. The van der Waals surface area contributed by atoms with Crippen LogP contribution in [-0.4, -0.2) is 23.9 Å². The van der Waals surface area contributed by atoms with Crippen molar-refractivity contribution in [2.45, 2.75) is 45.3 Å². The smallest absolute Gasteiger partial charge is 0.246 e. The fourth-order valence-corrected chi connectivity index (χ4v) is 3.09. The first-order valence-electron chi connectivity index (χ1n) is 9.07. The van der Waals surface area contributed by atoms with Crippen molar-refractivity contribution in [3.05, 3.63) is 65.2 Å². The number of rotatable bonds is 5. The summed E-state index contributed by atoms with van der Waals surface area (Å²) in [5, 5.41) is 8.89. The van der Waals surface area contributed by atoms with Crippen molar-refractivity contribution in [1.29, 1.82) is 0 Å². The maximum absolute atomic E-state index is 12.5. The van der Waals surface area contributed by atoms with Crippen molar-refractivity contribution in [3.8, 4) is 0 Å². The van der Waals surface area contributed by atoms with E-state index < -0.39 is 6.04 Å². The minimum atomic E-state index is -0.604. The molecule has 5 heteroatoms. The van der Waals surface area contributed by atoms with E-state index in [4.69, 9.17) is 0 Å². The molecule has 0 aliphatic carbocycles. The van der Waals surface area contributed by atoms with Crippen LogP contribution < -0.4 is 16.0 Å². The number of hydrogen-bond donors (Lipinski definition) is 3. The van der Waals surface area contributed by atoms with Crippen LogP contribution in [0.25, 0.3) is 0 Å². The largest absolute Gasteiger partial charge is 0.343 e. The number of fused-ring (bicyclic) bond motifs is 1. The highest BCUT2D eigenvalue weighted by molar-refractivity contribution is 5.97. The highest BCUT2D eigenvalue weighted by Gasteiger charge is 2.26. The molecule has 0 radical (unpaired) electrons. The van der Waals surface area contributed by atoms with Gasteiger partial charge in [0.15, 0.2) is 0 Å². The van der Waals surface area contributed by atoms with E-state index >= 15 is 0 Å². The molecule has 3 rings (SSSR count). The van der Waals surface area contributed by atoms with Gasteiger partial charge in [-0.05, 0) is 48.6 Å². The van der Waals surface area contributed by atoms with Crippen molar-refractivity contribution >= 4 is 17.5 Å². The van der Waals surface area contributed by atoms with Gasteiger partial charge in [-0.1, -0.05) is 43.3 Å². The van der Waals surface area contributed by atoms with Crippen LogP contribution in [0.1, 0.15) is 30.5 Å². The Kier molecular flexibility index (Phi) is 5.68. The van der Waals surface area contributed by atoms with E-state index in [-0.39, 0.29) is 17.9 Å². The van der Waals surface area contributed by atoms with Crippen LogP contribution in [-0.2, 0) is 29.0 Å². The number of anilines is 1. The Morgan fingerprint density at radius 2 is 1.81 bits per heavy atom. The number of nitrogens with one attached hydrogen (secondary N) is 3. The van der Waals surface area contributed by atoms with Gasteiger partial charge in [-0.2, -0.15) is 0 Å². The lowest BCUT2D eigenvalue weighted by atomic mass is 9.95. The lowest BCUT2D eigenvalue weighted by Gasteiger charge is -2.26. The van der Waals surface area contributed by atoms with Crippen LogP contribution >= 0.6 is 0 Å². The van der Waals surface area contributed by atoms with Crippen molar-refractivity contribution < 1.29 is 9.59 Å². The first-order valence-corrected chi connectivity index (χ1v) is 9.07. The van der Waals surface area contributed by atoms with E-state index in [1.807, 2.05) is 42.5 Å². The zero-order valence-electron chi connectivity index (χ0n) is 15.2. The highest BCUT2D eigenvalue weighted by atomic mass is 16.2. The third-order valence-electron chi connectivity index (χ3n) is 4.78. The Morgan fingerprint density at radius 3 is 2.50 bits per heavy atom. The summed E-state index contributed by atoms with van der Waals surface area (Å²) in [7, 11) is 0. The van der Waals surface area contributed by atoms with Crippen LogP contribution in [0.2, 0.25) is 0 Å². The number of benzene rings is 2. The van der Waals surface area contributed by atoms with E-state index in [0.29, 0.717) is 13.0 Å². The summed E-state index contributed by atoms with van der Waals surface area (Å²) in [6.45, 7) is 4.45. The van der Waals surface area contributed by atoms with E-state index in [1.165, 1.54) is 16.7 Å². The van der Waals surface area contributed by atoms with Gasteiger partial charge < -0.3 is 16.0 Å². The van der Waals surface area contributed by atoms with Gasteiger partial charge in [-0.3, -0.25) is 9.59 Å². The second-order valence-corrected chi connectivity index (χ2v) is 6.68. The molecule has 0 saturated carbocycles. The van der Waals surface area contributed by atoms with E-state index in [1.54, 1.807) is 6.92 Å². The molecule has 0 bridgehead atoms. The lowest BCUT2D eigenvalue weighted by molar-refractivity contribution is -0.127. The van der Waals surface area contributed by atoms with Gasteiger partial charge in [0.1, 0.15) is 6.04 Å². The number of amides is 2. The zero-order valence-corrected chi connectivity index (χ0v) is 15.2. The minimum absolute atomic E-state index is 0.150. The van der Waals surface area contributed by atoms with Crippen LogP contribution in [0.3, 0.4) is 0 Å². The summed E-state index contributed by atoms with van der Waals surface area (Å²) in [6.07, 6.45) is 1.59. The SMILES string of the molecule is CCc1ccc(NC(=O)[C@H](C)NC(=O)[C@H]2Cc3ccccc3CN2)cc1. The number of carbonyl (C=O) groups is 2. The molecule has 2 atom stereocenters. The quantitative estimate of drug-likeness (QED) is 0.775. The minimum Gasteiger partial charge on any atom is -0.343 e. The molecular weight excluding hydrogens is 326 g/mol. The Morgan fingerprint density at radius 1 is 1.12 bits per heavy atom. The zero-order chi connectivity index (χ0) is 18.5. The number of hydrogen-bond acceptors (Lipinski definition) is 3. The molecular formula is C21H25N3O2. The van der Waals surface area contributed by atoms with Crippen LogP contribution in [0, 0.1) is 0 Å². The average molecular weight is 351 g/mol. The van der Waals surface area contributed by atoms with E-state index in [0.717, 1.165) is 12.1 Å². The van der Waals surface area contributed by atoms with Gasteiger partial charge in [0.2, 0.25) is 11.8 Å². The van der Waals surface area contributed by atoms with Gasteiger partial charge >= 0.3 is 0 Å². The summed E-state index contributed by atoms with van der Waals surface area (Å²) in [4.78, 5) is 24.8. The molecule has 2 aromatic carbocycles. The Balaban J connectivity index is 1.54. The molecule has 2 amide bonds. The van der Waals surface area contributed by atoms with Crippen molar-refractivity contribution in [2.24, 2.45) is 0 Å². The van der Waals surface area contributed by atoms with Gasteiger partial charge in [-0.25, -0.2) is 0 Å². The van der Waals surface area contributed by atoms with Crippen LogP contribution in [0.5, 0.6) is 0 Å². The molecule has 0 spiro atoms. The standard InChI is InChI=1S/C21H25N3O2/c1-3-15-8-10-18(11-9-15)24-20(25)14(2)23-21(26)19-12-16-6-4-5-7-17(16)13-22-19/h4-11,14,19,22H,3,12-13H2,1-2H3,(H,23,26)(H,24,25)/t14-,19+/m0/s1. The van der Waals surface area contributed by atoms with Crippen molar-refractivity contribution in [2.75, 3.05) is 5.32 Å². The Hall–Kier alpha value is -2.66. The Bertz CT molecular complexity index is 786. The maximum Gasteiger partial charge on any atom is 0.246 e. The van der Waals surface area contributed by atoms with Crippen LogP contribution in [0.15, 0.2) is 48.5 Å². The van der Waals surface area contributed by atoms with E-state index in [9.17, 15) is 9.59 Å². The molecule has 0 fully saturated rings. The van der Waals surface area contributed by atoms with Gasteiger partial charge in [0.25, 0.3) is 0 Å². The predicted molar refractivity (Wildman–Crippen MR) is 103 cm³/mol. The summed E-state index contributed by atoms with van der Waals surface area (Å²) in [6, 6.07) is 14.9. The second-order valence-electron chi connectivity index (χ2n) is 6.68. The Labute approximate surface area is 154 Å². The van der Waals surface area contributed by atoms with Crippen molar-refractivity contribution in [1.82, 2.24) is 10.6 Å². The fraction of sp³-hybridized carbons (Fsp3) is 0.333. The summed E-state index contributed by atoms with van der Waals surface area (Å²) < 4.78 is 0. The summed E-state index contributed by atoms with van der Waals surface area (Å²) in [5.74, 6) is -0.373. The van der Waals surface area contributed by atoms with Crippen LogP contribution in [0.4, 0.5) is 5.69 Å².